The van der Waals surface area contributed by atoms with Gasteiger partial charge in [0.1, 0.15) is 54.8 Å². The zero-order chi connectivity index (χ0) is 62.2. The molecule has 0 amide bonds. The Kier molecular flexibility index (Phi) is 23.3. The van der Waals surface area contributed by atoms with Crippen LogP contribution < -0.4 is 0 Å². The summed E-state index contributed by atoms with van der Waals surface area (Å²) in [7, 11) is 0. The number of hydrogen-bond acceptors (Lipinski definition) is 25. The highest BCUT2D eigenvalue weighted by Gasteiger charge is 2.60. The van der Waals surface area contributed by atoms with Gasteiger partial charge >= 0.3 is 53.7 Å². The molecule has 0 N–H and O–H groups in total. The summed E-state index contributed by atoms with van der Waals surface area (Å²) < 4.78 is 92.6. The number of benzene rings is 4. The highest BCUT2D eigenvalue weighted by molar-refractivity contribution is 7.99. The van der Waals surface area contributed by atoms with Gasteiger partial charge in [0.05, 0.1) is 6.61 Å². The summed E-state index contributed by atoms with van der Waals surface area (Å²) >= 11 is 1.13. The number of thioether (sulfide) groups is 1. The molecular formula is C61H68O24S. The van der Waals surface area contributed by atoms with Gasteiger partial charge in [0.2, 0.25) is 0 Å². The summed E-state index contributed by atoms with van der Waals surface area (Å²) in [5.74, 6) is -8.27. The van der Waals surface area contributed by atoms with E-state index in [0.717, 1.165) is 74.1 Å². The molecule has 0 aliphatic carbocycles. The lowest BCUT2D eigenvalue weighted by molar-refractivity contribution is -0.373. The minimum Gasteiger partial charge on any atom is -0.463 e. The van der Waals surface area contributed by atoms with Crippen LogP contribution in [0.25, 0.3) is 0 Å². The second-order valence-corrected chi connectivity index (χ2v) is 21.1. The highest BCUT2D eigenvalue weighted by atomic mass is 32.2. The zero-order valence-corrected chi connectivity index (χ0v) is 49.4. The Morgan fingerprint density at radius 1 is 0.349 bits per heavy atom. The third-order valence-electron chi connectivity index (χ3n) is 13.4. The van der Waals surface area contributed by atoms with Crippen LogP contribution in [0.1, 0.15) is 79.0 Å². The molecule has 0 saturated carbocycles. The molecule has 462 valence electrons. The summed E-state index contributed by atoms with van der Waals surface area (Å²) in [5, 5.41) is 0. The maximum Gasteiger partial charge on any atom is 0.303 e. The first-order chi connectivity index (χ1) is 41.0. The summed E-state index contributed by atoms with van der Waals surface area (Å²) in [5.41, 5.74) is -0.553. The van der Waals surface area contributed by atoms with E-state index in [-0.39, 0.29) is 0 Å². The smallest absolute Gasteiger partial charge is 0.303 e. The lowest BCUT2D eigenvalue weighted by atomic mass is 9.80. The molecule has 0 unspecified atom stereocenters. The fourth-order valence-corrected chi connectivity index (χ4v) is 11.4. The van der Waals surface area contributed by atoms with Crippen molar-refractivity contribution in [1.29, 1.82) is 0 Å². The van der Waals surface area contributed by atoms with Gasteiger partial charge in [0, 0.05) is 67.2 Å². The van der Waals surface area contributed by atoms with Gasteiger partial charge in [-0.1, -0.05) is 121 Å². The Morgan fingerprint density at radius 2 is 0.651 bits per heavy atom. The molecule has 24 nitrogen and oxygen atoms in total. The van der Waals surface area contributed by atoms with Gasteiger partial charge in [0.25, 0.3) is 0 Å². The van der Waals surface area contributed by atoms with Gasteiger partial charge in [-0.3, -0.25) is 43.2 Å². The third-order valence-corrected chi connectivity index (χ3v) is 14.5. The van der Waals surface area contributed by atoms with E-state index in [1.807, 2.05) is 91.0 Å². The first-order valence-corrected chi connectivity index (χ1v) is 28.2. The SMILES string of the molecule is CC(=O)OC[C@H]1O[C@H](O[C@H]2[C@H](OC(C)=O)[C@@H](OC(C)=O)[C@@H](O[C@H]3[C@H](OC(C)=O)[C@@H](OC(C)=O)[C@H](Sc4ccccc4)O[C@@H]3COC(c3ccccc3)(c3ccccc3)c3ccccc3)O[C@@H]2COC(C)=O)[C@H](OC(C)=O)[C@@H](OC(C)=O)[C@@H]1OC(C)=O. The summed E-state index contributed by atoms with van der Waals surface area (Å²) in [6.45, 7) is 7.61. The Balaban J connectivity index is 1.40. The fourth-order valence-electron chi connectivity index (χ4n) is 10.3. The Morgan fingerprint density at radius 3 is 1.02 bits per heavy atom. The fraction of sp³-hybridized carbons (Fsp3) is 0.459. The van der Waals surface area contributed by atoms with Gasteiger partial charge < -0.3 is 71.1 Å². The van der Waals surface area contributed by atoms with Crippen molar-refractivity contribution in [3.05, 3.63) is 138 Å². The lowest BCUT2D eigenvalue weighted by Crippen LogP contribution is -2.68. The predicted octanol–water partition coefficient (Wildman–Crippen LogP) is 5.38. The molecule has 25 heteroatoms. The van der Waals surface area contributed by atoms with Crippen LogP contribution in [0.3, 0.4) is 0 Å². The molecular weight excluding hydrogens is 1150 g/mol. The molecule has 3 fully saturated rings. The maximum absolute atomic E-state index is 13.5. The van der Waals surface area contributed by atoms with E-state index in [1.54, 1.807) is 30.3 Å². The van der Waals surface area contributed by atoms with Crippen molar-refractivity contribution in [2.24, 2.45) is 0 Å². The predicted molar refractivity (Wildman–Crippen MR) is 295 cm³/mol. The van der Waals surface area contributed by atoms with Crippen molar-refractivity contribution in [3.8, 4) is 0 Å². The molecule has 3 aliphatic heterocycles. The molecule has 0 radical (unpaired) electrons. The molecule has 0 spiro atoms. The molecule has 86 heavy (non-hydrogen) atoms. The monoisotopic (exact) mass is 1220 g/mol. The van der Waals surface area contributed by atoms with Crippen molar-refractivity contribution in [1.82, 2.24) is 0 Å². The van der Waals surface area contributed by atoms with E-state index in [9.17, 15) is 43.2 Å². The molecule has 4 aromatic carbocycles. The lowest BCUT2D eigenvalue weighted by Gasteiger charge is -2.50. The second-order valence-electron chi connectivity index (χ2n) is 20.0. The zero-order valence-electron chi connectivity index (χ0n) is 48.5. The van der Waals surface area contributed by atoms with Gasteiger partial charge in [-0.2, -0.15) is 0 Å². The van der Waals surface area contributed by atoms with E-state index in [2.05, 4.69) is 0 Å². The summed E-state index contributed by atoms with van der Waals surface area (Å²) in [4.78, 5) is 118. The van der Waals surface area contributed by atoms with Crippen LogP contribution in [0, 0.1) is 0 Å². The van der Waals surface area contributed by atoms with Gasteiger partial charge in [0.15, 0.2) is 55.3 Å². The number of hydrogen-bond donors (Lipinski definition) is 0. The minimum atomic E-state index is -1.99. The molecule has 3 heterocycles. The van der Waals surface area contributed by atoms with Crippen LogP contribution in [0.5, 0.6) is 0 Å². The number of ether oxygens (including phenoxy) is 15. The first-order valence-electron chi connectivity index (χ1n) is 27.3. The average molecular weight is 1220 g/mol. The van der Waals surface area contributed by atoms with E-state index in [1.165, 1.54) is 0 Å². The van der Waals surface area contributed by atoms with Crippen LogP contribution in [0.15, 0.2) is 126 Å². The van der Waals surface area contributed by atoms with Gasteiger partial charge in [-0.05, 0) is 28.8 Å². The Hall–Kier alpha value is -7.78. The Bertz CT molecular complexity index is 2870. The first kappa shape index (κ1) is 65.8. The average Bonchev–Trinajstić information content (AvgIpc) is 0.869. The van der Waals surface area contributed by atoms with Crippen LogP contribution >= 0.6 is 11.8 Å². The molecule has 3 aliphatic rings. The molecule has 0 bridgehead atoms. The number of carbonyl (C=O) groups excluding carboxylic acids is 9. The Labute approximate surface area is 499 Å². The largest absolute Gasteiger partial charge is 0.463 e. The van der Waals surface area contributed by atoms with Crippen molar-refractivity contribution in [3.63, 3.8) is 0 Å². The number of carbonyl (C=O) groups is 9. The van der Waals surface area contributed by atoms with Crippen molar-refractivity contribution in [2.45, 2.75) is 164 Å². The van der Waals surface area contributed by atoms with Gasteiger partial charge in [-0.15, -0.1) is 0 Å². The molecule has 7 rings (SSSR count). The van der Waals surface area contributed by atoms with Crippen molar-refractivity contribution >= 4 is 65.5 Å². The van der Waals surface area contributed by atoms with Crippen molar-refractivity contribution in [2.75, 3.05) is 19.8 Å². The summed E-state index contributed by atoms with van der Waals surface area (Å²) in [6, 6.07) is 36.9. The normalized spacial score (nSPS) is 27.2. The summed E-state index contributed by atoms with van der Waals surface area (Å²) in [6.07, 6.45) is -24.4. The molecule has 3 saturated heterocycles. The van der Waals surface area contributed by atoms with E-state index in [4.69, 9.17) is 71.1 Å². The third kappa shape index (κ3) is 17.2. The van der Waals surface area contributed by atoms with Crippen LogP contribution in [0.2, 0.25) is 0 Å². The quantitative estimate of drug-likeness (QED) is 0.0511. The second kappa shape index (κ2) is 30.5. The molecule has 4 aromatic rings. The van der Waals surface area contributed by atoms with Crippen molar-refractivity contribution < 1.29 is 114 Å². The maximum atomic E-state index is 13.5. The molecule has 0 aromatic heterocycles. The molecule has 15 atom stereocenters. The topological polar surface area (TPSA) is 292 Å². The number of rotatable bonds is 23. The van der Waals surface area contributed by atoms with Gasteiger partial charge in [-0.25, -0.2) is 0 Å². The van der Waals surface area contributed by atoms with E-state index in [0.29, 0.717) is 21.6 Å². The van der Waals surface area contributed by atoms with Crippen LogP contribution in [0.4, 0.5) is 0 Å². The van der Waals surface area contributed by atoms with Crippen LogP contribution in [-0.2, 0) is 120 Å². The van der Waals surface area contributed by atoms with E-state index < -0.39 is 170 Å². The highest BCUT2D eigenvalue weighted by Crippen LogP contribution is 2.45. The number of esters is 9. The minimum absolute atomic E-state index is 0.427. The van der Waals surface area contributed by atoms with E-state index >= 15 is 0 Å². The van der Waals surface area contributed by atoms with Crippen LogP contribution in [-0.4, -0.2) is 165 Å². The standard InChI is InChI=1S/C61H68O24S/c1-33(62)71-30-46-49(74-35(3)64)52(75-36(4)65)55(78-39(7)68)58(81-46)84-50-47(31-72-34(2)63)82-59(56(79-40(8)69)53(50)76-37(5)66)85-51-48(83-60(86-45-28-20-13-21-29-45)57(80-41(9)70)54(51)77-38(6)67)32-73-61(42-22-14-10-15-23-42,43-24-16-11-17-25-43)44-26-18-12-19-27-44/h10-29,46-60H,30-32H2,1-9H3/t46-,47-,48-,49-,50-,51-,52+,53+,54+,55-,56-,57-,58-,59-,60+/m1/s1.